The average Bonchev–Trinajstić information content (AvgIpc) is 3.18. The molecule has 4 rings (SSSR count). The summed E-state index contributed by atoms with van der Waals surface area (Å²) in [5.41, 5.74) is 2.77. The average molecular weight is 488 g/mol. The Kier molecular flexibility index (Phi) is 7.27. The first-order valence-electron chi connectivity index (χ1n) is 10.5. The van der Waals surface area contributed by atoms with Gasteiger partial charge < -0.3 is 9.84 Å². The van der Waals surface area contributed by atoms with E-state index in [1.54, 1.807) is 30.3 Å². The molecular formula is C24H23ClFN3O3S. The fourth-order valence-electron chi connectivity index (χ4n) is 3.49. The van der Waals surface area contributed by atoms with Crippen molar-refractivity contribution in [3.8, 4) is 0 Å². The second kappa shape index (κ2) is 10.3. The van der Waals surface area contributed by atoms with Gasteiger partial charge in [-0.05, 0) is 79.9 Å². The lowest BCUT2D eigenvalue weighted by Crippen LogP contribution is -2.16. The Morgan fingerprint density at radius 1 is 1.00 bits per heavy atom. The van der Waals surface area contributed by atoms with E-state index in [9.17, 15) is 12.8 Å². The van der Waals surface area contributed by atoms with E-state index in [2.05, 4.69) is 15.2 Å². The van der Waals surface area contributed by atoms with E-state index in [-0.39, 0.29) is 10.7 Å². The van der Waals surface area contributed by atoms with Gasteiger partial charge in [0, 0.05) is 28.7 Å². The summed E-state index contributed by atoms with van der Waals surface area (Å²) in [6.45, 7) is 1.41. The van der Waals surface area contributed by atoms with Crippen LogP contribution in [0.1, 0.15) is 24.1 Å². The minimum absolute atomic E-state index is 0.153. The van der Waals surface area contributed by atoms with Gasteiger partial charge in [-0.3, -0.25) is 4.72 Å². The van der Waals surface area contributed by atoms with E-state index < -0.39 is 10.0 Å². The smallest absolute Gasteiger partial charge is 0.261 e. The van der Waals surface area contributed by atoms with E-state index in [1.165, 1.54) is 24.3 Å². The third kappa shape index (κ3) is 6.10. The molecule has 2 N–H and O–H groups in total. The largest absolute Gasteiger partial charge is 0.356 e. The van der Waals surface area contributed by atoms with Gasteiger partial charge in [-0.2, -0.15) is 0 Å². The maximum Gasteiger partial charge on any atom is 0.261 e. The van der Waals surface area contributed by atoms with Crippen LogP contribution in [-0.4, -0.2) is 20.1 Å². The molecule has 0 unspecified atom stereocenters. The van der Waals surface area contributed by atoms with Crippen LogP contribution in [0.3, 0.4) is 0 Å². The molecule has 9 heteroatoms. The summed E-state index contributed by atoms with van der Waals surface area (Å²) >= 11 is 5.84. The maximum atomic E-state index is 13.2. The zero-order valence-electron chi connectivity index (χ0n) is 17.7. The number of aromatic nitrogens is 1. The molecule has 0 aliphatic rings. The summed E-state index contributed by atoms with van der Waals surface area (Å²) in [5.74, 6) is -0.337. The number of benzene rings is 3. The number of hydrogen-bond acceptors (Lipinski definition) is 5. The van der Waals surface area contributed by atoms with Crippen LogP contribution in [0.15, 0.2) is 76.1 Å². The van der Waals surface area contributed by atoms with Gasteiger partial charge >= 0.3 is 0 Å². The first kappa shape index (κ1) is 23.2. The fraction of sp³-hybridized carbons (Fsp3) is 0.208. The maximum absolute atomic E-state index is 13.2. The number of nitrogens with one attached hydrogen (secondary N) is 2. The Morgan fingerprint density at radius 3 is 2.64 bits per heavy atom. The Labute approximate surface area is 196 Å². The Hall–Kier alpha value is -2.94. The molecule has 0 aliphatic carbocycles. The summed E-state index contributed by atoms with van der Waals surface area (Å²) in [4.78, 5) is 0.153. The molecule has 1 aromatic heterocycles. The molecule has 0 aliphatic heterocycles. The molecular weight excluding hydrogens is 465 g/mol. The van der Waals surface area contributed by atoms with Crippen LogP contribution >= 0.6 is 11.6 Å². The van der Waals surface area contributed by atoms with Gasteiger partial charge in [0.05, 0.1) is 10.6 Å². The van der Waals surface area contributed by atoms with Crippen molar-refractivity contribution < 1.29 is 17.3 Å². The fourth-order valence-corrected chi connectivity index (χ4v) is 4.67. The van der Waals surface area contributed by atoms with Crippen molar-refractivity contribution >= 4 is 38.3 Å². The molecule has 3 aromatic carbocycles. The van der Waals surface area contributed by atoms with Gasteiger partial charge in [-0.25, -0.2) is 12.8 Å². The highest BCUT2D eigenvalue weighted by molar-refractivity contribution is 7.92. The number of anilines is 1. The molecule has 0 saturated carbocycles. The van der Waals surface area contributed by atoms with Crippen LogP contribution in [0.4, 0.5) is 10.1 Å². The lowest BCUT2D eigenvalue weighted by Gasteiger charge is -2.10. The standard InChI is InChI=1S/C24H23ClFN3O3S/c25-18-7-10-21(11-8-18)33(30,31)29-20-5-3-4-17(14-20)16-27-13-2-1-6-23-22-12-9-19(26)15-24(22)32-28-23/h3-5,7-12,14-15,27,29H,1-2,6,13,16H2. The molecule has 0 saturated heterocycles. The van der Waals surface area contributed by atoms with Gasteiger partial charge in [-0.1, -0.05) is 28.9 Å². The molecule has 4 aromatic rings. The van der Waals surface area contributed by atoms with E-state index in [0.29, 0.717) is 22.8 Å². The molecule has 1 heterocycles. The van der Waals surface area contributed by atoms with Crippen molar-refractivity contribution in [2.45, 2.75) is 30.7 Å². The predicted molar refractivity (Wildman–Crippen MR) is 127 cm³/mol. The number of unbranched alkanes of at least 4 members (excludes halogenated alkanes) is 1. The second-order valence-electron chi connectivity index (χ2n) is 7.66. The predicted octanol–water partition coefficient (Wildman–Crippen LogP) is 5.53. The number of sulfonamides is 1. The van der Waals surface area contributed by atoms with Crippen LogP contribution < -0.4 is 10.0 Å². The SMILES string of the molecule is O=S(=O)(Nc1cccc(CNCCCCc2noc3cc(F)ccc23)c1)c1ccc(Cl)cc1. The molecule has 172 valence electrons. The Balaban J connectivity index is 1.24. The van der Waals surface area contributed by atoms with Crippen molar-refractivity contribution in [3.63, 3.8) is 0 Å². The zero-order chi connectivity index (χ0) is 23.3. The van der Waals surface area contributed by atoms with E-state index in [4.69, 9.17) is 16.1 Å². The second-order valence-corrected chi connectivity index (χ2v) is 9.78. The molecule has 33 heavy (non-hydrogen) atoms. The summed E-state index contributed by atoms with van der Waals surface area (Å²) in [6.07, 6.45) is 2.59. The van der Waals surface area contributed by atoms with E-state index in [1.807, 2.05) is 12.1 Å². The minimum atomic E-state index is -3.68. The lowest BCUT2D eigenvalue weighted by atomic mass is 10.1. The summed E-state index contributed by atoms with van der Waals surface area (Å²) < 4.78 is 46.1. The molecule has 0 radical (unpaired) electrons. The number of rotatable bonds is 10. The van der Waals surface area contributed by atoms with Crippen LogP contribution in [0, 0.1) is 5.82 Å². The highest BCUT2D eigenvalue weighted by Crippen LogP contribution is 2.21. The van der Waals surface area contributed by atoms with E-state index in [0.717, 1.165) is 42.5 Å². The van der Waals surface area contributed by atoms with Gasteiger partial charge in [0.25, 0.3) is 10.0 Å². The summed E-state index contributed by atoms with van der Waals surface area (Å²) in [5, 5.41) is 8.74. The molecule has 0 amide bonds. The Morgan fingerprint density at radius 2 is 1.82 bits per heavy atom. The Bertz CT molecular complexity index is 1340. The van der Waals surface area contributed by atoms with E-state index >= 15 is 0 Å². The third-order valence-electron chi connectivity index (χ3n) is 5.16. The third-order valence-corrected chi connectivity index (χ3v) is 6.81. The van der Waals surface area contributed by atoms with Crippen LogP contribution in [0.5, 0.6) is 0 Å². The number of halogens is 2. The topological polar surface area (TPSA) is 84.2 Å². The number of nitrogens with zero attached hydrogens (tertiary/aromatic N) is 1. The first-order chi connectivity index (χ1) is 15.9. The van der Waals surface area contributed by atoms with Crippen molar-refractivity contribution in [1.82, 2.24) is 10.5 Å². The van der Waals surface area contributed by atoms with Gasteiger partial charge in [-0.15, -0.1) is 0 Å². The quantitative estimate of drug-likeness (QED) is 0.287. The monoisotopic (exact) mass is 487 g/mol. The zero-order valence-corrected chi connectivity index (χ0v) is 19.3. The van der Waals surface area contributed by atoms with Gasteiger partial charge in [0.15, 0.2) is 5.58 Å². The highest BCUT2D eigenvalue weighted by Gasteiger charge is 2.14. The van der Waals surface area contributed by atoms with Crippen molar-refractivity contribution in [2.75, 3.05) is 11.3 Å². The van der Waals surface area contributed by atoms with Crippen molar-refractivity contribution in [3.05, 3.63) is 88.8 Å². The molecule has 0 atom stereocenters. The molecule has 0 spiro atoms. The lowest BCUT2D eigenvalue weighted by molar-refractivity contribution is 0.442. The molecule has 0 bridgehead atoms. The van der Waals surface area contributed by atoms with Gasteiger partial charge in [0.1, 0.15) is 5.82 Å². The number of fused-ring (bicyclic) bond motifs is 1. The van der Waals surface area contributed by atoms with Crippen LogP contribution in [0.25, 0.3) is 11.0 Å². The minimum Gasteiger partial charge on any atom is -0.356 e. The molecule has 6 nitrogen and oxygen atoms in total. The van der Waals surface area contributed by atoms with Crippen molar-refractivity contribution in [2.24, 2.45) is 0 Å². The summed E-state index contributed by atoms with van der Waals surface area (Å²) in [7, 11) is -3.68. The normalized spacial score (nSPS) is 11.7. The number of aryl methyl sites for hydroxylation is 1. The molecule has 0 fully saturated rings. The number of hydrogen-bond donors (Lipinski definition) is 2. The van der Waals surface area contributed by atoms with Crippen molar-refractivity contribution in [1.29, 1.82) is 0 Å². The summed E-state index contributed by atoms with van der Waals surface area (Å²) in [6, 6.07) is 17.7. The van der Waals surface area contributed by atoms with Crippen LogP contribution in [0.2, 0.25) is 5.02 Å². The highest BCUT2D eigenvalue weighted by atomic mass is 35.5. The van der Waals surface area contributed by atoms with Crippen LogP contribution in [-0.2, 0) is 23.0 Å². The van der Waals surface area contributed by atoms with Gasteiger partial charge in [0.2, 0.25) is 0 Å². The first-order valence-corrected chi connectivity index (χ1v) is 12.4.